The van der Waals surface area contributed by atoms with Gasteiger partial charge >= 0.3 is 0 Å². The molecule has 0 aromatic carbocycles. The molecule has 1 aromatic rings. The summed E-state index contributed by atoms with van der Waals surface area (Å²) in [7, 11) is 1.72. The van der Waals surface area contributed by atoms with Crippen LogP contribution in [0.15, 0.2) is 17.3 Å². The third-order valence-corrected chi connectivity index (χ3v) is 3.66. The Morgan fingerprint density at radius 2 is 2.29 bits per heavy atom. The topological polar surface area (TPSA) is 34.2 Å². The standard InChI is InChI=1S/C13H22N2OS/c1-4-7-17-13-11(2)8-12(10-15-13)9-14-5-6-16-3/h8,10,14H,4-7,9H2,1-3H3. The minimum atomic E-state index is 0.747. The molecule has 0 bridgehead atoms. The van der Waals surface area contributed by atoms with E-state index in [1.165, 1.54) is 17.5 Å². The summed E-state index contributed by atoms with van der Waals surface area (Å²) in [6, 6.07) is 2.21. The van der Waals surface area contributed by atoms with Gasteiger partial charge in [-0.1, -0.05) is 13.0 Å². The molecular formula is C13H22N2OS. The number of aromatic nitrogens is 1. The van der Waals surface area contributed by atoms with Gasteiger partial charge in [0, 0.05) is 26.4 Å². The Kier molecular flexibility index (Phi) is 7.24. The van der Waals surface area contributed by atoms with Gasteiger partial charge in [-0.05, 0) is 30.2 Å². The number of thioether (sulfide) groups is 1. The molecule has 0 spiro atoms. The van der Waals surface area contributed by atoms with Crippen molar-refractivity contribution in [3.05, 3.63) is 23.4 Å². The molecule has 0 amide bonds. The van der Waals surface area contributed by atoms with Gasteiger partial charge in [0.2, 0.25) is 0 Å². The van der Waals surface area contributed by atoms with E-state index in [9.17, 15) is 0 Å². The van der Waals surface area contributed by atoms with Crippen LogP contribution in [0.1, 0.15) is 24.5 Å². The number of rotatable bonds is 8. The smallest absolute Gasteiger partial charge is 0.0989 e. The molecule has 0 aliphatic rings. The molecule has 0 aliphatic heterocycles. The minimum Gasteiger partial charge on any atom is -0.383 e. The van der Waals surface area contributed by atoms with Crippen LogP contribution < -0.4 is 5.32 Å². The average molecular weight is 254 g/mol. The minimum absolute atomic E-state index is 0.747. The highest BCUT2D eigenvalue weighted by atomic mass is 32.2. The summed E-state index contributed by atoms with van der Waals surface area (Å²) in [5.74, 6) is 1.14. The number of methoxy groups -OCH3 is 1. The van der Waals surface area contributed by atoms with Crippen molar-refractivity contribution < 1.29 is 4.74 Å². The maximum atomic E-state index is 4.99. The van der Waals surface area contributed by atoms with Crippen LogP contribution in [0.5, 0.6) is 0 Å². The van der Waals surface area contributed by atoms with E-state index in [0.717, 1.165) is 30.5 Å². The Bertz CT molecular complexity index is 331. The van der Waals surface area contributed by atoms with Crippen LogP contribution in [0.3, 0.4) is 0 Å². The second-order valence-electron chi connectivity index (χ2n) is 3.98. The summed E-state index contributed by atoms with van der Waals surface area (Å²) in [4.78, 5) is 4.51. The van der Waals surface area contributed by atoms with Gasteiger partial charge in [0.25, 0.3) is 0 Å². The third kappa shape index (κ3) is 5.52. The molecule has 96 valence electrons. The van der Waals surface area contributed by atoms with E-state index < -0.39 is 0 Å². The predicted molar refractivity (Wildman–Crippen MR) is 73.6 cm³/mol. The van der Waals surface area contributed by atoms with Gasteiger partial charge in [0.1, 0.15) is 0 Å². The lowest BCUT2D eigenvalue weighted by molar-refractivity contribution is 0.199. The summed E-state index contributed by atoms with van der Waals surface area (Å²) >= 11 is 1.84. The zero-order valence-electron chi connectivity index (χ0n) is 11.0. The molecule has 0 fully saturated rings. The van der Waals surface area contributed by atoms with Crippen molar-refractivity contribution in [3.63, 3.8) is 0 Å². The molecule has 17 heavy (non-hydrogen) atoms. The molecule has 1 heterocycles. The van der Waals surface area contributed by atoms with Crippen LogP contribution in [-0.2, 0) is 11.3 Å². The van der Waals surface area contributed by atoms with Crippen LogP contribution in [-0.4, -0.2) is 31.0 Å². The van der Waals surface area contributed by atoms with Gasteiger partial charge in [-0.15, -0.1) is 11.8 Å². The first-order valence-corrected chi connectivity index (χ1v) is 7.04. The Morgan fingerprint density at radius 1 is 1.47 bits per heavy atom. The molecule has 3 nitrogen and oxygen atoms in total. The molecule has 0 saturated heterocycles. The van der Waals surface area contributed by atoms with E-state index in [1.807, 2.05) is 18.0 Å². The summed E-state index contributed by atoms with van der Waals surface area (Å²) in [6.07, 6.45) is 3.15. The first kappa shape index (κ1) is 14.5. The van der Waals surface area contributed by atoms with Crippen LogP contribution in [0.25, 0.3) is 0 Å². The summed E-state index contributed by atoms with van der Waals surface area (Å²) < 4.78 is 4.99. The SMILES string of the molecule is CCCSc1ncc(CNCCOC)cc1C. The highest BCUT2D eigenvalue weighted by Gasteiger charge is 2.02. The van der Waals surface area contributed by atoms with Crippen molar-refractivity contribution in [1.29, 1.82) is 0 Å². The fraction of sp³-hybridized carbons (Fsp3) is 0.615. The third-order valence-electron chi connectivity index (χ3n) is 2.34. The van der Waals surface area contributed by atoms with Crippen LogP contribution in [0.2, 0.25) is 0 Å². The van der Waals surface area contributed by atoms with Crippen LogP contribution >= 0.6 is 11.8 Å². The van der Waals surface area contributed by atoms with E-state index in [0.29, 0.717) is 0 Å². The second kappa shape index (κ2) is 8.50. The Morgan fingerprint density at radius 3 is 2.94 bits per heavy atom. The number of nitrogens with one attached hydrogen (secondary N) is 1. The van der Waals surface area contributed by atoms with E-state index >= 15 is 0 Å². The molecule has 0 unspecified atom stereocenters. The van der Waals surface area contributed by atoms with E-state index in [-0.39, 0.29) is 0 Å². The van der Waals surface area contributed by atoms with Crippen molar-refractivity contribution in [2.24, 2.45) is 0 Å². The normalized spacial score (nSPS) is 10.8. The monoisotopic (exact) mass is 254 g/mol. The maximum absolute atomic E-state index is 4.99. The number of pyridine rings is 1. The zero-order valence-corrected chi connectivity index (χ0v) is 11.8. The quantitative estimate of drug-likeness (QED) is 0.571. The molecule has 0 radical (unpaired) electrons. The van der Waals surface area contributed by atoms with E-state index in [2.05, 4.69) is 30.2 Å². The fourth-order valence-electron chi connectivity index (χ4n) is 1.47. The Balaban J connectivity index is 2.44. The van der Waals surface area contributed by atoms with Gasteiger partial charge in [-0.25, -0.2) is 4.98 Å². The first-order chi connectivity index (χ1) is 8.27. The van der Waals surface area contributed by atoms with E-state index in [1.54, 1.807) is 7.11 Å². The van der Waals surface area contributed by atoms with Crippen molar-refractivity contribution in [3.8, 4) is 0 Å². The number of nitrogens with zero attached hydrogens (tertiary/aromatic N) is 1. The fourth-order valence-corrected chi connectivity index (χ4v) is 2.29. The van der Waals surface area contributed by atoms with Crippen molar-refractivity contribution in [1.82, 2.24) is 10.3 Å². The molecule has 0 saturated carbocycles. The molecule has 1 aromatic heterocycles. The van der Waals surface area contributed by atoms with E-state index in [4.69, 9.17) is 4.74 Å². The Hall–Kier alpha value is -0.580. The molecule has 1 rings (SSSR count). The van der Waals surface area contributed by atoms with Crippen molar-refractivity contribution in [2.75, 3.05) is 26.0 Å². The number of hydrogen-bond donors (Lipinski definition) is 1. The molecule has 0 aliphatic carbocycles. The zero-order chi connectivity index (χ0) is 12.5. The van der Waals surface area contributed by atoms with Crippen LogP contribution in [0, 0.1) is 6.92 Å². The molecule has 1 N–H and O–H groups in total. The summed E-state index contributed by atoms with van der Waals surface area (Å²) in [6.45, 7) is 6.80. The number of aryl methyl sites for hydroxylation is 1. The highest BCUT2D eigenvalue weighted by Crippen LogP contribution is 2.20. The molecule has 0 atom stereocenters. The summed E-state index contributed by atoms with van der Waals surface area (Å²) in [5.41, 5.74) is 2.51. The molecule has 4 heteroatoms. The van der Waals surface area contributed by atoms with Crippen molar-refractivity contribution in [2.45, 2.75) is 31.8 Å². The lowest BCUT2D eigenvalue weighted by Crippen LogP contribution is -2.18. The van der Waals surface area contributed by atoms with Gasteiger partial charge in [0.05, 0.1) is 11.6 Å². The summed E-state index contributed by atoms with van der Waals surface area (Å²) in [5, 5.41) is 4.48. The van der Waals surface area contributed by atoms with Gasteiger partial charge < -0.3 is 10.1 Å². The lowest BCUT2D eigenvalue weighted by atomic mass is 10.2. The number of ether oxygens (including phenoxy) is 1. The van der Waals surface area contributed by atoms with Gasteiger partial charge in [-0.2, -0.15) is 0 Å². The van der Waals surface area contributed by atoms with Gasteiger partial charge in [0.15, 0.2) is 0 Å². The maximum Gasteiger partial charge on any atom is 0.0989 e. The predicted octanol–water partition coefficient (Wildman–Crippen LogP) is 2.63. The first-order valence-electron chi connectivity index (χ1n) is 6.06. The van der Waals surface area contributed by atoms with Gasteiger partial charge in [-0.3, -0.25) is 0 Å². The van der Waals surface area contributed by atoms with Crippen molar-refractivity contribution >= 4 is 11.8 Å². The molecular weight excluding hydrogens is 232 g/mol. The largest absolute Gasteiger partial charge is 0.383 e. The second-order valence-corrected chi connectivity index (χ2v) is 5.07. The lowest BCUT2D eigenvalue weighted by Gasteiger charge is -2.08. The van der Waals surface area contributed by atoms with Crippen LogP contribution in [0.4, 0.5) is 0 Å². The average Bonchev–Trinajstić information content (AvgIpc) is 2.34. The number of hydrogen-bond acceptors (Lipinski definition) is 4. The highest BCUT2D eigenvalue weighted by molar-refractivity contribution is 7.99. The Labute approximate surface area is 108 Å².